The molecule has 0 spiro atoms. The van der Waals surface area contributed by atoms with Crippen molar-refractivity contribution in [3.05, 3.63) is 35.9 Å². The Labute approximate surface area is 146 Å². The SMILES string of the molecule is OC(CCc1ccccc1)CCC(O)C12CC3CC(CC(C3)C1)C2. The first-order chi connectivity index (χ1) is 11.6. The van der Waals surface area contributed by atoms with Crippen LogP contribution in [0.5, 0.6) is 0 Å². The predicted octanol–water partition coefficient (Wildman–Crippen LogP) is 4.34. The molecule has 0 saturated heterocycles. The highest BCUT2D eigenvalue weighted by Crippen LogP contribution is 2.61. The summed E-state index contributed by atoms with van der Waals surface area (Å²) in [6.07, 6.45) is 10.8. The Kier molecular flexibility index (Phi) is 4.70. The van der Waals surface area contributed by atoms with Crippen LogP contribution in [0.4, 0.5) is 0 Å². The minimum Gasteiger partial charge on any atom is -0.393 e. The highest BCUT2D eigenvalue weighted by molar-refractivity contribution is 5.14. The molecule has 4 aliphatic rings. The maximum absolute atomic E-state index is 10.9. The van der Waals surface area contributed by atoms with Crippen LogP contribution >= 0.6 is 0 Å². The summed E-state index contributed by atoms with van der Waals surface area (Å²) in [5.41, 5.74) is 1.49. The van der Waals surface area contributed by atoms with Gasteiger partial charge in [-0.2, -0.15) is 0 Å². The Morgan fingerprint density at radius 1 is 0.833 bits per heavy atom. The molecule has 4 fully saturated rings. The Hall–Kier alpha value is -0.860. The van der Waals surface area contributed by atoms with E-state index in [2.05, 4.69) is 24.3 Å². The number of hydrogen-bond donors (Lipinski definition) is 2. The van der Waals surface area contributed by atoms with E-state index >= 15 is 0 Å². The van der Waals surface area contributed by atoms with E-state index in [-0.39, 0.29) is 17.6 Å². The lowest BCUT2D eigenvalue weighted by Crippen LogP contribution is -2.51. The van der Waals surface area contributed by atoms with Gasteiger partial charge in [0.25, 0.3) is 0 Å². The monoisotopic (exact) mass is 328 g/mol. The van der Waals surface area contributed by atoms with Crippen LogP contribution in [0.3, 0.4) is 0 Å². The Bertz CT molecular complexity index is 503. The average molecular weight is 328 g/mol. The standard InChI is InChI=1S/C22H32O2/c23-20(7-6-16-4-2-1-3-5-16)8-9-21(24)22-13-17-10-18(14-22)12-19(11-17)15-22/h1-5,17-21,23-24H,6-15H2. The molecule has 0 heterocycles. The molecule has 0 amide bonds. The molecule has 1 aromatic rings. The van der Waals surface area contributed by atoms with E-state index in [0.717, 1.165) is 43.4 Å². The Balaban J connectivity index is 1.26. The number of rotatable bonds is 7. The molecule has 5 rings (SSSR count). The van der Waals surface area contributed by atoms with Gasteiger partial charge in [0, 0.05) is 0 Å². The molecule has 4 bridgehead atoms. The lowest BCUT2D eigenvalue weighted by Gasteiger charge is -2.58. The first-order valence-corrected chi connectivity index (χ1v) is 10.0. The van der Waals surface area contributed by atoms with Gasteiger partial charge in [-0.25, -0.2) is 0 Å². The molecule has 2 unspecified atom stereocenters. The third-order valence-electron chi connectivity index (χ3n) is 7.17. The second-order valence-electron chi connectivity index (χ2n) is 9.05. The maximum Gasteiger partial charge on any atom is 0.0597 e. The van der Waals surface area contributed by atoms with Gasteiger partial charge < -0.3 is 10.2 Å². The molecule has 0 radical (unpaired) electrons. The highest BCUT2D eigenvalue weighted by atomic mass is 16.3. The first kappa shape index (κ1) is 16.6. The van der Waals surface area contributed by atoms with E-state index in [4.69, 9.17) is 0 Å². The van der Waals surface area contributed by atoms with Crippen LogP contribution in [0.15, 0.2) is 30.3 Å². The molecule has 1 aromatic carbocycles. The van der Waals surface area contributed by atoms with Gasteiger partial charge in [0.05, 0.1) is 12.2 Å². The van der Waals surface area contributed by atoms with E-state index < -0.39 is 0 Å². The van der Waals surface area contributed by atoms with Crippen LogP contribution in [-0.2, 0) is 6.42 Å². The van der Waals surface area contributed by atoms with E-state index in [1.54, 1.807) is 0 Å². The van der Waals surface area contributed by atoms with E-state index in [9.17, 15) is 10.2 Å². The smallest absolute Gasteiger partial charge is 0.0597 e. The van der Waals surface area contributed by atoms with Crippen LogP contribution in [-0.4, -0.2) is 22.4 Å². The van der Waals surface area contributed by atoms with Gasteiger partial charge in [-0.3, -0.25) is 0 Å². The topological polar surface area (TPSA) is 40.5 Å². The summed E-state index contributed by atoms with van der Waals surface area (Å²) in [4.78, 5) is 0. The van der Waals surface area contributed by atoms with Crippen molar-refractivity contribution in [2.75, 3.05) is 0 Å². The quantitative estimate of drug-likeness (QED) is 0.782. The maximum atomic E-state index is 10.9. The van der Waals surface area contributed by atoms with Crippen molar-refractivity contribution >= 4 is 0 Å². The zero-order valence-electron chi connectivity index (χ0n) is 14.7. The fourth-order valence-electron chi connectivity index (χ4n) is 6.36. The normalized spacial score (nSPS) is 36.7. The summed E-state index contributed by atoms with van der Waals surface area (Å²) in [5, 5.41) is 21.3. The lowest BCUT2D eigenvalue weighted by molar-refractivity contribution is -0.124. The van der Waals surface area contributed by atoms with Gasteiger partial charge in [0.1, 0.15) is 0 Å². The summed E-state index contributed by atoms with van der Waals surface area (Å²) < 4.78 is 0. The number of benzene rings is 1. The minimum atomic E-state index is -0.284. The minimum absolute atomic E-state index is 0.197. The largest absolute Gasteiger partial charge is 0.393 e. The molecular formula is C22H32O2. The third-order valence-corrected chi connectivity index (χ3v) is 7.17. The number of aryl methyl sites for hydroxylation is 1. The van der Waals surface area contributed by atoms with Crippen molar-refractivity contribution in [1.29, 1.82) is 0 Å². The third kappa shape index (κ3) is 3.41. The molecule has 4 saturated carbocycles. The van der Waals surface area contributed by atoms with Crippen LogP contribution in [0.2, 0.25) is 0 Å². The second-order valence-corrected chi connectivity index (χ2v) is 9.05. The van der Waals surface area contributed by atoms with Crippen molar-refractivity contribution in [2.24, 2.45) is 23.2 Å². The van der Waals surface area contributed by atoms with Gasteiger partial charge in [0.2, 0.25) is 0 Å². The number of hydrogen-bond acceptors (Lipinski definition) is 2. The highest BCUT2D eigenvalue weighted by Gasteiger charge is 2.53. The van der Waals surface area contributed by atoms with Crippen molar-refractivity contribution < 1.29 is 10.2 Å². The van der Waals surface area contributed by atoms with E-state index in [0.29, 0.717) is 0 Å². The van der Waals surface area contributed by atoms with Crippen molar-refractivity contribution in [3.8, 4) is 0 Å². The van der Waals surface area contributed by atoms with Crippen molar-refractivity contribution in [2.45, 2.75) is 76.4 Å². The molecule has 2 atom stereocenters. The summed E-state index contributed by atoms with van der Waals surface area (Å²) in [6.45, 7) is 0. The van der Waals surface area contributed by atoms with E-state index in [1.165, 1.54) is 44.1 Å². The first-order valence-electron chi connectivity index (χ1n) is 10.0. The molecule has 2 nitrogen and oxygen atoms in total. The summed E-state index contributed by atoms with van der Waals surface area (Å²) in [6, 6.07) is 10.4. The van der Waals surface area contributed by atoms with Gasteiger partial charge in [0.15, 0.2) is 0 Å². The molecule has 2 heteroatoms. The predicted molar refractivity (Wildman–Crippen MR) is 96.6 cm³/mol. The lowest BCUT2D eigenvalue weighted by atomic mass is 9.48. The van der Waals surface area contributed by atoms with E-state index in [1.807, 2.05) is 6.07 Å². The van der Waals surface area contributed by atoms with Crippen molar-refractivity contribution in [3.63, 3.8) is 0 Å². The number of aliphatic hydroxyl groups excluding tert-OH is 2. The van der Waals surface area contributed by atoms with Crippen LogP contribution in [0, 0.1) is 23.2 Å². The average Bonchev–Trinajstić information content (AvgIpc) is 2.57. The van der Waals surface area contributed by atoms with Gasteiger partial charge >= 0.3 is 0 Å². The fraction of sp³-hybridized carbons (Fsp3) is 0.727. The van der Waals surface area contributed by atoms with Crippen LogP contribution < -0.4 is 0 Å². The van der Waals surface area contributed by atoms with Crippen molar-refractivity contribution in [1.82, 2.24) is 0 Å². The molecule has 0 aromatic heterocycles. The zero-order valence-corrected chi connectivity index (χ0v) is 14.7. The van der Waals surface area contributed by atoms with Gasteiger partial charge in [-0.05, 0) is 92.9 Å². The fourth-order valence-corrected chi connectivity index (χ4v) is 6.36. The molecule has 4 aliphatic carbocycles. The summed E-state index contributed by atoms with van der Waals surface area (Å²) >= 11 is 0. The molecule has 0 aliphatic heterocycles. The van der Waals surface area contributed by atoms with Crippen LogP contribution in [0.1, 0.15) is 63.4 Å². The van der Waals surface area contributed by atoms with Gasteiger partial charge in [-0.15, -0.1) is 0 Å². The van der Waals surface area contributed by atoms with Gasteiger partial charge in [-0.1, -0.05) is 30.3 Å². The Morgan fingerprint density at radius 2 is 1.42 bits per heavy atom. The summed E-state index contributed by atoms with van der Waals surface area (Å²) in [5.74, 6) is 2.65. The summed E-state index contributed by atoms with van der Waals surface area (Å²) in [7, 11) is 0. The second kappa shape index (κ2) is 6.80. The molecule has 2 N–H and O–H groups in total. The Morgan fingerprint density at radius 3 is 2.00 bits per heavy atom. The molecular weight excluding hydrogens is 296 g/mol. The molecule has 24 heavy (non-hydrogen) atoms. The zero-order chi connectivity index (χ0) is 16.6. The number of aliphatic hydroxyl groups is 2. The van der Waals surface area contributed by atoms with Crippen LogP contribution in [0.25, 0.3) is 0 Å². The molecule has 132 valence electrons.